The predicted octanol–water partition coefficient (Wildman–Crippen LogP) is 3.45. The maximum absolute atomic E-state index is 12.5. The fraction of sp³-hybridized carbons (Fsp3) is 0.583. The lowest BCUT2D eigenvalue weighted by atomic mass is 10.1. The molecule has 0 spiro atoms. The molecule has 0 radical (unpaired) electrons. The molecule has 1 aromatic rings. The van der Waals surface area contributed by atoms with Crippen LogP contribution in [0.2, 0.25) is 8.67 Å². The van der Waals surface area contributed by atoms with E-state index < -0.39 is 0 Å². The number of carbonyl (C=O) groups excluding carboxylic acids is 1. The number of thiophene rings is 1. The van der Waals surface area contributed by atoms with Crippen molar-refractivity contribution in [2.24, 2.45) is 0 Å². The zero-order valence-corrected chi connectivity index (χ0v) is 12.0. The number of hydrogen-bond donors (Lipinski definition) is 0. The number of halogens is 2. The van der Waals surface area contributed by atoms with E-state index in [-0.39, 0.29) is 18.1 Å². The van der Waals surface area contributed by atoms with E-state index in [1.807, 2.05) is 4.90 Å². The Hall–Kier alpha value is -0.290. The molecule has 2 fully saturated rings. The number of morpholine rings is 1. The van der Waals surface area contributed by atoms with Crippen molar-refractivity contribution in [1.29, 1.82) is 0 Å². The van der Waals surface area contributed by atoms with E-state index in [1.54, 1.807) is 6.07 Å². The molecule has 0 unspecified atom stereocenters. The first-order valence-electron chi connectivity index (χ1n) is 6.04. The molecule has 2 aliphatic rings. The van der Waals surface area contributed by atoms with Crippen LogP contribution in [0.1, 0.15) is 29.6 Å². The van der Waals surface area contributed by atoms with Crippen molar-refractivity contribution in [3.8, 4) is 0 Å². The summed E-state index contributed by atoms with van der Waals surface area (Å²) in [4.78, 5) is 14.4. The Kier molecular flexibility index (Phi) is 3.54. The molecule has 18 heavy (non-hydrogen) atoms. The Labute approximate surface area is 120 Å². The fourth-order valence-electron chi connectivity index (χ4n) is 2.82. The normalized spacial score (nSPS) is 27.3. The van der Waals surface area contributed by atoms with Crippen LogP contribution in [0.4, 0.5) is 0 Å². The van der Waals surface area contributed by atoms with Gasteiger partial charge in [0, 0.05) is 6.54 Å². The third-order valence-corrected chi connectivity index (χ3v) is 5.12. The standard InChI is InChI=1S/C12H13Cl2NO2S/c13-10-6-7(11(14)18-10)12(16)15-4-5-17-9-3-1-2-8(9)15/h6,8-9H,1-5H2/t8-,9+/m1/s1. The zero-order chi connectivity index (χ0) is 12.7. The fourth-order valence-corrected chi connectivity index (χ4v) is 4.27. The Morgan fingerprint density at radius 1 is 1.44 bits per heavy atom. The number of hydrogen-bond acceptors (Lipinski definition) is 3. The molecule has 98 valence electrons. The van der Waals surface area contributed by atoms with Crippen molar-refractivity contribution in [3.63, 3.8) is 0 Å². The minimum Gasteiger partial charge on any atom is -0.374 e. The van der Waals surface area contributed by atoms with Crippen LogP contribution in [-0.4, -0.2) is 36.1 Å². The molecule has 1 saturated carbocycles. The van der Waals surface area contributed by atoms with Crippen LogP contribution in [0, 0.1) is 0 Å². The van der Waals surface area contributed by atoms with E-state index in [1.165, 1.54) is 11.3 Å². The monoisotopic (exact) mass is 305 g/mol. The van der Waals surface area contributed by atoms with Crippen molar-refractivity contribution >= 4 is 40.4 Å². The highest BCUT2D eigenvalue weighted by Crippen LogP contribution is 2.35. The number of ether oxygens (including phenoxy) is 1. The molecule has 0 N–H and O–H groups in total. The summed E-state index contributed by atoms with van der Waals surface area (Å²) in [6.07, 6.45) is 3.39. The average molecular weight is 306 g/mol. The molecule has 2 atom stereocenters. The van der Waals surface area contributed by atoms with Gasteiger partial charge in [0.1, 0.15) is 4.34 Å². The van der Waals surface area contributed by atoms with Gasteiger partial charge in [-0.05, 0) is 25.3 Å². The summed E-state index contributed by atoms with van der Waals surface area (Å²) in [5.41, 5.74) is 0.527. The number of amides is 1. The summed E-state index contributed by atoms with van der Waals surface area (Å²) in [6.45, 7) is 1.26. The van der Waals surface area contributed by atoms with Gasteiger partial charge in [-0.15, -0.1) is 11.3 Å². The number of rotatable bonds is 1. The van der Waals surface area contributed by atoms with Gasteiger partial charge in [-0.25, -0.2) is 0 Å². The second kappa shape index (κ2) is 5.00. The number of carbonyl (C=O) groups is 1. The minimum atomic E-state index is -0.0108. The summed E-state index contributed by atoms with van der Waals surface area (Å²) in [5.74, 6) is -0.0108. The lowest BCUT2D eigenvalue weighted by Gasteiger charge is -2.37. The largest absolute Gasteiger partial charge is 0.374 e. The molecule has 3 rings (SSSR count). The molecule has 1 amide bonds. The van der Waals surface area contributed by atoms with Gasteiger partial charge >= 0.3 is 0 Å². The average Bonchev–Trinajstić information content (AvgIpc) is 2.94. The van der Waals surface area contributed by atoms with E-state index in [2.05, 4.69) is 0 Å². The van der Waals surface area contributed by atoms with Crippen LogP contribution in [0.25, 0.3) is 0 Å². The van der Waals surface area contributed by atoms with Gasteiger partial charge in [-0.2, -0.15) is 0 Å². The Morgan fingerprint density at radius 3 is 3.00 bits per heavy atom. The van der Waals surface area contributed by atoms with Gasteiger partial charge in [0.2, 0.25) is 0 Å². The molecule has 0 aromatic carbocycles. The summed E-state index contributed by atoms with van der Waals surface area (Å²) >= 11 is 13.2. The van der Waals surface area contributed by atoms with Gasteiger partial charge in [-0.1, -0.05) is 23.2 Å². The van der Waals surface area contributed by atoms with Crippen LogP contribution < -0.4 is 0 Å². The first kappa shape index (κ1) is 12.7. The van der Waals surface area contributed by atoms with Crippen molar-refractivity contribution in [2.45, 2.75) is 31.4 Å². The van der Waals surface area contributed by atoms with Gasteiger partial charge in [0.05, 0.1) is 28.7 Å². The van der Waals surface area contributed by atoms with Gasteiger partial charge in [0.15, 0.2) is 0 Å². The van der Waals surface area contributed by atoms with Crippen LogP contribution in [0.5, 0.6) is 0 Å². The van der Waals surface area contributed by atoms with Crippen molar-refractivity contribution in [2.75, 3.05) is 13.2 Å². The van der Waals surface area contributed by atoms with Crippen molar-refractivity contribution in [1.82, 2.24) is 4.90 Å². The van der Waals surface area contributed by atoms with Crippen LogP contribution >= 0.6 is 34.5 Å². The third kappa shape index (κ3) is 2.16. The highest BCUT2D eigenvalue weighted by Gasteiger charge is 2.39. The second-order valence-corrected chi connectivity index (χ2v) is 6.93. The third-order valence-electron chi connectivity index (χ3n) is 3.63. The quantitative estimate of drug-likeness (QED) is 0.795. The zero-order valence-electron chi connectivity index (χ0n) is 9.70. The minimum absolute atomic E-state index is 0.0108. The van der Waals surface area contributed by atoms with Crippen molar-refractivity contribution in [3.05, 3.63) is 20.3 Å². The molecule has 1 aromatic heterocycles. The number of fused-ring (bicyclic) bond motifs is 1. The van der Waals surface area contributed by atoms with Crippen LogP contribution in [0.15, 0.2) is 6.07 Å². The second-order valence-electron chi connectivity index (χ2n) is 4.64. The van der Waals surface area contributed by atoms with E-state index in [9.17, 15) is 4.79 Å². The lowest BCUT2D eigenvalue weighted by molar-refractivity contribution is -0.0445. The van der Waals surface area contributed by atoms with Gasteiger partial charge in [0.25, 0.3) is 5.91 Å². The van der Waals surface area contributed by atoms with Crippen molar-refractivity contribution < 1.29 is 9.53 Å². The summed E-state index contributed by atoms with van der Waals surface area (Å²) < 4.78 is 6.74. The first-order valence-corrected chi connectivity index (χ1v) is 7.61. The maximum atomic E-state index is 12.5. The highest BCUT2D eigenvalue weighted by atomic mass is 35.5. The summed E-state index contributed by atoms with van der Waals surface area (Å²) in [6, 6.07) is 1.87. The molecule has 0 bridgehead atoms. The van der Waals surface area contributed by atoms with Crippen LogP contribution in [-0.2, 0) is 4.74 Å². The SMILES string of the molecule is O=C(c1cc(Cl)sc1Cl)N1CCO[C@H]2CCC[C@H]21. The maximum Gasteiger partial charge on any atom is 0.256 e. The molecule has 2 heterocycles. The Bertz CT molecular complexity index is 477. The molecular formula is C12H13Cl2NO2S. The Morgan fingerprint density at radius 2 is 2.28 bits per heavy atom. The lowest BCUT2D eigenvalue weighted by Crippen LogP contribution is -2.51. The van der Waals surface area contributed by atoms with E-state index in [0.29, 0.717) is 27.4 Å². The topological polar surface area (TPSA) is 29.5 Å². The molecule has 6 heteroatoms. The summed E-state index contributed by atoms with van der Waals surface area (Å²) in [5, 5.41) is 0. The Balaban J connectivity index is 1.85. The molecule has 1 aliphatic carbocycles. The van der Waals surface area contributed by atoms with Crippen LogP contribution in [0.3, 0.4) is 0 Å². The highest BCUT2D eigenvalue weighted by molar-refractivity contribution is 7.20. The van der Waals surface area contributed by atoms with Gasteiger partial charge in [-0.3, -0.25) is 4.79 Å². The molecule has 3 nitrogen and oxygen atoms in total. The molecular weight excluding hydrogens is 293 g/mol. The number of nitrogens with zero attached hydrogens (tertiary/aromatic N) is 1. The smallest absolute Gasteiger partial charge is 0.256 e. The summed E-state index contributed by atoms with van der Waals surface area (Å²) in [7, 11) is 0. The van der Waals surface area contributed by atoms with E-state index in [4.69, 9.17) is 27.9 Å². The predicted molar refractivity (Wildman–Crippen MR) is 72.8 cm³/mol. The van der Waals surface area contributed by atoms with E-state index >= 15 is 0 Å². The van der Waals surface area contributed by atoms with E-state index in [0.717, 1.165) is 19.3 Å². The molecule has 1 aliphatic heterocycles. The first-order chi connectivity index (χ1) is 8.66. The van der Waals surface area contributed by atoms with Gasteiger partial charge < -0.3 is 9.64 Å². The molecule has 1 saturated heterocycles.